The van der Waals surface area contributed by atoms with Gasteiger partial charge in [0.25, 0.3) is 0 Å². The van der Waals surface area contributed by atoms with Gasteiger partial charge in [-0.1, -0.05) is 29.9 Å². The van der Waals surface area contributed by atoms with Crippen molar-refractivity contribution in [2.75, 3.05) is 5.73 Å². The van der Waals surface area contributed by atoms with Gasteiger partial charge in [0.2, 0.25) is 0 Å². The average Bonchev–Trinajstić information content (AvgIpc) is 2.15. The van der Waals surface area contributed by atoms with Crippen LogP contribution >= 0.6 is 0 Å². The molecule has 1 rings (SSSR count). The average molecular weight is 176 g/mol. The lowest BCUT2D eigenvalue weighted by Gasteiger charge is -2.02. The monoisotopic (exact) mass is 176 g/mol. The molecule has 0 heterocycles. The molecule has 0 fully saturated rings. The lowest BCUT2D eigenvalue weighted by molar-refractivity contribution is 0.270. The number of anilines is 1. The Balaban J connectivity index is 2.94. The topological polar surface area (TPSA) is 47.6 Å². The molecule has 1 aromatic rings. The summed E-state index contributed by atoms with van der Waals surface area (Å²) in [4.78, 5) is 4.70. The zero-order valence-corrected chi connectivity index (χ0v) is 7.53. The van der Waals surface area contributed by atoms with E-state index in [2.05, 4.69) is 11.7 Å². The maximum atomic E-state index is 5.73. The van der Waals surface area contributed by atoms with Crippen LogP contribution in [0.5, 0.6) is 0 Å². The van der Waals surface area contributed by atoms with Gasteiger partial charge in [-0.05, 0) is 13.0 Å². The molecule has 2 N–H and O–H groups in total. The Labute approximate surface area is 77.5 Å². The SMILES string of the molecule is C=CO/N=C(\C)c1ccccc1N. The van der Waals surface area contributed by atoms with Crippen molar-refractivity contribution in [3.05, 3.63) is 42.7 Å². The van der Waals surface area contributed by atoms with Crippen LogP contribution in [0.15, 0.2) is 42.3 Å². The molecule has 68 valence electrons. The van der Waals surface area contributed by atoms with Gasteiger partial charge in [-0.25, -0.2) is 0 Å². The second kappa shape index (κ2) is 4.30. The molecule has 3 nitrogen and oxygen atoms in total. The normalized spacial score (nSPS) is 11.0. The van der Waals surface area contributed by atoms with E-state index in [-0.39, 0.29) is 0 Å². The quantitative estimate of drug-likeness (QED) is 0.332. The van der Waals surface area contributed by atoms with Crippen molar-refractivity contribution in [3.63, 3.8) is 0 Å². The predicted octanol–water partition coefficient (Wildman–Crippen LogP) is 2.15. The van der Waals surface area contributed by atoms with Crippen LogP contribution in [0.1, 0.15) is 12.5 Å². The highest BCUT2D eigenvalue weighted by Crippen LogP contribution is 2.11. The first kappa shape index (κ1) is 9.32. The highest BCUT2D eigenvalue weighted by molar-refractivity contribution is 6.02. The van der Waals surface area contributed by atoms with Gasteiger partial charge in [-0.15, -0.1) is 0 Å². The summed E-state index contributed by atoms with van der Waals surface area (Å²) in [6, 6.07) is 7.49. The Morgan fingerprint density at radius 2 is 2.23 bits per heavy atom. The van der Waals surface area contributed by atoms with Gasteiger partial charge in [0.1, 0.15) is 6.26 Å². The van der Waals surface area contributed by atoms with Crippen molar-refractivity contribution in [1.82, 2.24) is 0 Å². The molecule has 0 saturated heterocycles. The molecule has 0 aromatic heterocycles. The van der Waals surface area contributed by atoms with Crippen molar-refractivity contribution < 1.29 is 4.84 Å². The largest absolute Gasteiger partial charge is 0.398 e. The van der Waals surface area contributed by atoms with E-state index in [0.717, 1.165) is 11.3 Å². The Kier molecular flexibility index (Phi) is 3.09. The third-order valence-corrected chi connectivity index (χ3v) is 1.61. The fourth-order valence-electron chi connectivity index (χ4n) is 0.992. The highest BCUT2D eigenvalue weighted by Gasteiger charge is 2.00. The zero-order valence-electron chi connectivity index (χ0n) is 7.53. The van der Waals surface area contributed by atoms with E-state index in [4.69, 9.17) is 10.6 Å². The molecule has 0 aliphatic rings. The molecule has 0 radical (unpaired) electrons. The minimum Gasteiger partial charge on any atom is -0.398 e. The molecule has 0 amide bonds. The molecule has 0 aliphatic heterocycles. The standard InChI is InChI=1S/C10H12N2O/c1-3-13-12-8(2)9-6-4-5-7-10(9)11/h3-7H,1,11H2,2H3/b12-8+. The van der Waals surface area contributed by atoms with Gasteiger partial charge in [-0.3, -0.25) is 0 Å². The van der Waals surface area contributed by atoms with Gasteiger partial charge in [0, 0.05) is 11.3 Å². The summed E-state index contributed by atoms with van der Waals surface area (Å²) >= 11 is 0. The summed E-state index contributed by atoms with van der Waals surface area (Å²) in [7, 11) is 0. The van der Waals surface area contributed by atoms with Crippen LogP contribution in [0.3, 0.4) is 0 Å². The number of benzene rings is 1. The number of oxime groups is 1. The molecule has 1 aromatic carbocycles. The second-order valence-electron chi connectivity index (χ2n) is 2.54. The molecule has 0 atom stereocenters. The Morgan fingerprint density at radius 1 is 1.54 bits per heavy atom. The first-order valence-corrected chi connectivity index (χ1v) is 3.92. The van der Waals surface area contributed by atoms with Crippen molar-refractivity contribution in [1.29, 1.82) is 0 Å². The second-order valence-corrected chi connectivity index (χ2v) is 2.54. The fourth-order valence-corrected chi connectivity index (χ4v) is 0.992. The number of nitrogens with zero attached hydrogens (tertiary/aromatic N) is 1. The Morgan fingerprint density at radius 3 is 2.85 bits per heavy atom. The van der Waals surface area contributed by atoms with Crippen LogP contribution in [-0.2, 0) is 4.84 Å². The number of hydrogen-bond acceptors (Lipinski definition) is 3. The zero-order chi connectivity index (χ0) is 9.68. The number of para-hydroxylation sites is 1. The van der Waals surface area contributed by atoms with E-state index in [9.17, 15) is 0 Å². The van der Waals surface area contributed by atoms with Crippen LogP contribution < -0.4 is 5.73 Å². The number of nitrogens with two attached hydrogens (primary N) is 1. The molecule has 0 saturated carbocycles. The van der Waals surface area contributed by atoms with Crippen molar-refractivity contribution in [2.45, 2.75) is 6.92 Å². The minimum atomic E-state index is 0.691. The highest BCUT2D eigenvalue weighted by atomic mass is 16.6. The molecular weight excluding hydrogens is 164 g/mol. The smallest absolute Gasteiger partial charge is 0.114 e. The molecular formula is C10H12N2O. The summed E-state index contributed by atoms with van der Waals surface area (Å²) < 4.78 is 0. The molecule has 0 unspecified atom stereocenters. The third kappa shape index (κ3) is 2.33. The van der Waals surface area contributed by atoms with E-state index in [1.54, 1.807) is 0 Å². The molecule has 13 heavy (non-hydrogen) atoms. The van der Waals surface area contributed by atoms with Gasteiger partial charge in [-0.2, -0.15) is 0 Å². The van der Waals surface area contributed by atoms with Crippen molar-refractivity contribution >= 4 is 11.4 Å². The summed E-state index contributed by atoms with van der Waals surface area (Å²) in [5.41, 5.74) is 8.04. The van der Waals surface area contributed by atoms with Crippen molar-refractivity contribution in [2.24, 2.45) is 5.16 Å². The molecule has 0 aliphatic carbocycles. The van der Waals surface area contributed by atoms with Gasteiger partial charge < -0.3 is 10.6 Å². The van der Waals surface area contributed by atoms with Crippen LogP contribution in [0.25, 0.3) is 0 Å². The number of hydrogen-bond donors (Lipinski definition) is 1. The maximum absolute atomic E-state index is 5.73. The van der Waals surface area contributed by atoms with E-state index in [1.807, 2.05) is 31.2 Å². The Bertz CT molecular complexity index is 331. The van der Waals surface area contributed by atoms with Crippen LogP contribution in [0.2, 0.25) is 0 Å². The number of rotatable bonds is 3. The van der Waals surface area contributed by atoms with E-state index >= 15 is 0 Å². The van der Waals surface area contributed by atoms with E-state index in [0.29, 0.717) is 5.69 Å². The van der Waals surface area contributed by atoms with Gasteiger partial charge >= 0.3 is 0 Å². The van der Waals surface area contributed by atoms with Crippen molar-refractivity contribution in [3.8, 4) is 0 Å². The minimum absolute atomic E-state index is 0.691. The Hall–Kier alpha value is -1.77. The fraction of sp³-hybridized carbons (Fsp3) is 0.100. The summed E-state index contributed by atoms with van der Waals surface area (Å²) in [5, 5.41) is 3.79. The van der Waals surface area contributed by atoms with Gasteiger partial charge in [0.05, 0.1) is 5.71 Å². The molecule has 0 bridgehead atoms. The predicted molar refractivity (Wildman–Crippen MR) is 54.3 cm³/mol. The van der Waals surface area contributed by atoms with Gasteiger partial charge in [0.15, 0.2) is 0 Å². The summed E-state index contributed by atoms with van der Waals surface area (Å²) in [6.45, 7) is 5.22. The maximum Gasteiger partial charge on any atom is 0.114 e. The summed E-state index contributed by atoms with van der Waals surface area (Å²) in [6.07, 6.45) is 1.27. The lowest BCUT2D eigenvalue weighted by Crippen LogP contribution is -2.00. The lowest BCUT2D eigenvalue weighted by atomic mass is 10.1. The van der Waals surface area contributed by atoms with Crippen LogP contribution in [0, 0.1) is 0 Å². The first-order valence-electron chi connectivity index (χ1n) is 3.92. The first-order chi connectivity index (χ1) is 6.25. The molecule has 0 spiro atoms. The van der Waals surface area contributed by atoms with E-state index < -0.39 is 0 Å². The summed E-state index contributed by atoms with van der Waals surface area (Å²) in [5.74, 6) is 0. The third-order valence-electron chi connectivity index (χ3n) is 1.61. The number of nitrogen functional groups attached to an aromatic ring is 1. The molecule has 3 heteroatoms. The van der Waals surface area contributed by atoms with Crippen LogP contribution in [0.4, 0.5) is 5.69 Å². The van der Waals surface area contributed by atoms with Crippen LogP contribution in [-0.4, -0.2) is 5.71 Å². The van der Waals surface area contributed by atoms with E-state index in [1.165, 1.54) is 6.26 Å².